The van der Waals surface area contributed by atoms with E-state index in [1.807, 2.05) is 0 Å². The standard InChI is InChI=1S/C16H30N2O2/c1-20-14-4-2-3-5-15(19)18-12-8-16(9-13-18)6-10-17-11-7-16/h17H,2-14H2,1H3. The van der Waals surface area contributed by atoms with Crippen LogP contribution in [0.5, 0.6) is 0 Å². The third kappa shape index (κ3) is 4.45. The first kappa shape index (κ1) is 15.8. The van der Waals surface area contributed by atoms with Crippen molar-refractivity contribution in [1.82, 2.24) is 10.2 Å². The summed E-state index contributed by atoms with van der Waals surface area (Å²) in [6, 6.07) is 0. The van der Waals surface area contributed by atoms with Crippen LogP contribution in [-0.2, 0) is 9.53 Å². The van der Waals surface area contributed by atoms with E-state index in [-0.39, 0.29) is 0 Å². The van der Waals surface area contributed by atoms with E-state index >= 15 is 0 Å². The molecule has 0 aromatic carbocycles. The maximum absolute atomic E-state index is 12.2. The second-order valence-corrected chi connectivity index (χ2v) is 6.43. The average Bonchev–Trinajstić information content (AvgIpc) is 2.48. The number of nitrogens with zero attached hydrogens (tertiary/aromatic N) is 1. The molecule has 1 N–H and O–H groups in total. The highest BCUT2D eigenvalue weighted by molar-refractivity contribution is 5.76. The van der Waals surface area contributed by atoms with E-state index in [4.69, 9.17) is 4.74 Å². The topological polar surface area (TPSA) is 41.6 Å². The van der Waals surface area contributed by atoms with Crippen molar-refractivity contribution in [2.24, 2.45) is 5.41 Å². The summed E-state index contributed by atoms with van der Waals surface area (Å²) in [5.74, 6) is 0.367. The molecule has 0 radical (unpaired) electrons. The van der Waals surface area contributed by atoms with Crippen LogP contribution in [0, 0.1) is 5.41 Å². The zero-order valence-corrected chi connectivity index (χ0v) is 13.0. The van der Waals surface area contributed by atoms with Gasteiger partial charge in [0.25, 0.3) is 0 Å². The molecule has 0 aromatic heterocycles. The van der Waals surface area contributed by atoms with Crippen LogP contribution in [-0.4, -0.2) is 50.7 Å². The minimum atomic E-state index is 0.367. The fourth-order valence-corrected chi connectivity index (χ4v) is 3.55. The average molecular weight is 282 g/mol. The van der Waals surface area contributed by atoms with E-state index in [0.29, 0.717) is 11.3 Å². The van der Waals surface area contributed by atoms with Gasteiger partial charge in [0, 0.05) is 33.2 Å². The van der Waals surface area contributed by atoms with E-state index in [9.17, 15) is 4.79 Å². The van der Waals surface area contributed by atoms with Crippen molar-refractivity contribution in [3.8, 4) is 0 Å². The molecule has 2 fully saturated rings. The van der Waals surface area contributed by atoms with Crippen molar-refractivity contribution in [1.29, 1.82) is 0 Å². The minimum absolute atomic E-state index is 0.367. The molecule has 0 aliphatic carbocycles. The van der Waals surface area contributed by atoms with Crippen LogP contribution in [0.25, 0.3) is 0 Å². The van der Waals surface area contributed by atoms with Gasteiger partial charge >= 0.3 is 0 Å². The number of carbonyl (C=O) groups is 1. The molecule has 1 spiro atoms. The third-order valence-electron chi connectivity index (χ3n) is 5.08. The van der Waals surface area contributed by atoms with Gasteiger partial charge in [0.15, 0.2) is 0 Å². The zero-order valence-electron chi connectivity index (χ0n) is 13.0. The Hall–Kier alpha value is -0.610. The lowest BCUT2D eigenvalue weighted by Crippen LogP contribution is -2.47. The SMILES string of the molecule is COCCCCCC(=O)N1CCC2(CCNCC2)CC1. The molecular weight excluding hydrogens is 252 g/mol. The van der Waals surface area contributed by atoms with E-state index in [0.717, 1.165) is 58.5 Å². The molecule has 4 nitrogen and oxygen atoms in total. The van der Waals surface area contributed by atoms with Gasteiger partial charge in [0.1, 0.15) is 0 Å². The molecule has 0 aromatic rings. The van der Waals surface area contributed by atoms with Gasteiger partial charge in [-0.1, -0.05) is 6.42 Å². The second kappa shape index (κ2) is 7.99. The Morgan fingerprint density at radius 1 is 1.10 bits per heavy atom. The molecule has 2 aliphatic rings. The number of amides is 1. The number of unbranched alkanes of at least 4 members (excludes halogenated alkanes) is 2. The molecule has 2 heterocycles. The number of likely N-dealkylation sites (tertiary alicyclic amines) is 1. The number of carbonyl (C=O) groups excluding carboxylic acids is 1. The summed E-state index contributed by atoms with van der Waals surface area (Å²) in [5.41, 5.74) is 0.542. The predicted octanol–water partition coefficient (Wildman–Crippen LogP) is 2.19. The zero-order chi connectivity index (χ0) is 14.3. The van der Waals surface area contributed by atoms with Crippen molar-refractivity contribution in [2.45, 2.75) is 51.4 Å². The summed E-state index contributed by atoms with van der Waals surface area (Å²) in [7, 11) is 1.73. The van der Waals surface area contributed by atoms with Crippen LogP contribution in [0.3, 0.4) is 0 Å². The molecule has 0 unspecified atom stereocenters. The number of nitrogens with one attached hydrogen (secondary N) is 1. The molecule has 2 rings (SSSR count). The Kier molecular flexibility index (Phi) is 6.30. The molecule has 0 atom stereocenters. The second-order valence-electron chi connectivity index (χ2n) is 6.43. The number of methoxy groups -OCH3 is 1. The van der Waals surface area contributed by atoms with Crippen molar-refractivity contribution in [3.05, 3.63) is 0 Å². The third-order valence-corrected chi connectivity index (χ3v) is 5.08. The summed E-state index contributed by atoms with van der Waals surface area (Å²) in [6.45, 7) is 5.10. The Bertz CT molecular complexity index is 291. The van der Waals surface area contributed by atoms with Crippen molar-refractivity contribution in [3.63, 3.8) is 0 Å². The van der Waals surface area contributed by atoms with Crippen LogP contribution in [0.1, 0.15) is 51.4 Å². The van der Waals surface area contributed by atoms with Crippen LogP contribution >= 0.6 is 0 Å². The summed E-state index contributed by atoms with van der Waals surface area (Å²) >= 11 is 0. The fraction of sp³-hybridized carbons (Fsp3) is 0.938. The summed E-state index contributed by atoms with van der Waals surface area (Å²) in [5, 5.41) is 3.44. The van der Waals surface area contributed by atoms with Crippen LogP contribution < -0.4 is 5.32 Å². The number of hydrogen-bond donors (Lipinski definition) is 1. The highest BCUT2D eigenvalue weighted by Gasteiger charge is 2.36. The molecular formula is C16H30N2O2. The maximum Gasteiger partial charge on any atom is 0.222 e. The lowest BCUT2D eigenvalue weighted by Gasteiger charge is -2.44. The largest absolute Gasteiger partial charge is 0.385 e. The van der Waals surface area contributed by atoms with Crippen LogP contribution in [0.15, 0.2) is 0 Å². The molecule has 2 aliphatic heterocycles. The first-order valence-corrected chi connectivity index (χ1v) is 8.23. The van der Waals surface area contributed by atoms with Gasteiger partial charge in [0.2, 0.25) is 5.91 Å². The first-order chi connectivity index (χ1) is 9.76. The number of ether oxygens (including phenoxy) is 1. The lowest BCUT2D eigenvalue weighted by molar-refractivity contribution is -0.134. The van der Waals surface area contributed by atoms with Gasteiger partial charge in [-0.25, -0.2) is 0 Å². The van der Waals surface area contributed by atoms with E-state index in [1.54, 1.807) is 7.11 Å². The van der Waals surface area contributed by atoms with Crippen LogP contribution in [0.2, 0.25) is 0 Å². The van der Waals surface area contributed by atoms with Gasteiger partial charge in [0.05, 0.1) is 0 Å². The molecule has 1 amide bonds. The van der Waals surface area contributed by atoms with Crippen molar-refractivity contribution >= 4 is 5.91 Å². The van der Waals surface area contributed by atoms with Gasteiger partial charge in [-0.15, -0.1) is 0 Å². The monoisotopic (exact) mass is 282 g/mol. The molecule has 4 heteroatoms. The molecule has 116 valence electrons. The highest BCUT2D eigenvalue weighted by Crippen LogP contribution is 2.39. The lowest BCUT2D eigenvalue weighted by atomic mass is 9.71. The smallest absolute Gasteiger partial charge is 0.222 e. The Labute approximate surface area is 123 Å². The molecule has 0 saturated carbocycles. The Morgan fingerprint density at radius 2 is 1.80 bits per heavy atom. The van der Waals surface area contributed by atoms with E-state index in [2.05, 4.69) is 10.2 Å². The van der Waals surface area contributed by atoms with Gasteiger partial charge in [-0.2, -0.15) is 0 Å². The molecule has 20 heavy (non-hydrogen) atoms. The quantitative estimate of drug-likeness (QED) is 0.759. The van der Waals surface area contributed by atoms with Gasteiger partial charge < -0.3 is 15.0 Å². The minimum Gasteiger partial charge on any atom is -0.385 e. The summed E-state index contributed by atoms with van der Waals surface area (Å²) in [4.78, 5) is 14.3. The van der Waals surface area contributed by atoms with Crippen molar-refractivity contribution < 1.29 is 9.53 Å². The van der Waals surface area contributed by atoms with Crippen molar-refractivity contribution in [2.75, 3.05) is 39.9 Å². The highest BCUT2D eigenvalue weighted by atomic mass is 16.5. The first-order valence-electron chi connectivity index (χ1n) is 8.23. The molecule has 0 bridgehead atoms. The Balaban J connectivity index is 1.64. The Morgan fingerprint density at radius 3 is 2.45 bits per heavy atom. The predicted molar refractivity (Wildman–Crippen MR) is 80.7 cm³/mol. The number of piperidine rings is 2. The van der Waals surface area contributed by atoms with Crippen LogP contribution in [0.4, 0.5) is 0 Å². The van der Waals surface area contributed by atoms with E-state index < -0.39 is 0 Å². The maximum atomic E-state index is 12.2. The fourth-order valence-electron chi connectivity index (χ4n) is 3.55. The normalized spacial score (nSPS) is 22.1. The molecule has 2 saturated heterocycles. The van der Waals surface area contributed by atoms with E-state index in [1.165, 1.54) is 25.7 Å². The summed E-state index contributed by atoms with van der Waals surface area (Å²) in [6.07, 6.45) is 8.92. The summed E-state index contributed by atoms with van der Waals surface area (Å²) < 4.78 is 5.03. The number of hydrogen-bond acceptors (Lipinski definition) is 3. The van der Waals surface area contributed by atoms with Gasteiger partial charge in [-0.05, 0) is 57.0 Å². The van der Waals surface area contributed by atoms with Gasteiger partial charge in [-0.3, -0.25) is 4.79 Å². The number of rotatable bonds is 6.